The standard InChI is InChI=1S/C20H17F2N3O3/c1-25-17(27)20(24-19(25)23,14-7-9-16(10-8-14)28-18(21)22)15-6-2-4-13(12-15)5-3-11-26/h2,4,6-10,12,18,26H,11H2,1H3,(H2,23,24). The Bertz CT molecular complexity index is 980. The summed E-state index contributed by atoms with van der Waals surface area (Å²) in [5, 5.41) is 8.90. The van der Waals surface area contributed by atoms with E-state index in [4.69, 9.17) is 10.8 Å². The van der Waals surface area contributed by atoms with Gasteiger partial charge in [0, 0.05) is 12.6 Å². The Morgan fingerprint density at radius 1 is 1.25 bits per heavy atom. The van der Waals surface area contributed by atoms with Gasteiger partial charge in [-0.25, -0.2) is 4.99 Å². The van der Waals surface area contributed by atoms with Crippen molar-refractivity contribution in [3.8, 4) is 17.6 Å². The van der Waals surface area contributed by atoms with Gasteiger partial charge in [-0.15, -0.1) is 0 Å². The van der Waals surface area contributed by atoms with Gasteiger partial charge in [0.1, 0.15) is 12.4 Å². The van der Waals surface area contributed by atoms with Crippen LogP contribution in [0.5, 0.6) is 5.75 Å². The molecule has 0 aliphatic carbocycles. The molecule has 3 N–H and O–H groups in total. The second-order valence-electron chi connectivity index (χ2n) is 5.99. The van der Waals surface area contributed by atoms with Crippen molar-refractivity contribution in [2.45, 2.75) is 12.2 Å². The van der Waals surface area contributed by atoms with Crippen molar-refractivity contribution in [3.05, 3.63) is 65.2 Å². The Balaban J connectivity index is 2.15. The third-order valence-electron chi connectivity index (χ3n) is 4.33. The van der Waals surface area contributed by atoms with Crippen molar-refractivity contribution in [3.63, 3.8) is 0 Å². The first-order valence-electron chi connectivity index (χ1n) is 8.27. The summed E-state index contributed by atoms with van der Waals surface area (Å²) in [6.07, 6.45) is 0. The summed E-state index contributed by atoms with van der Waals surface area (Å²) in [5.74, 6) is 4.95. The minimum atomic E-state index is -2.95. The summed E-state index contributed by atoms with van der Waals surface area (Å²) < 4.78 is 29.2. The van der Waals surface area contributed by atoms with Crippen LogP contribution in [0, 0.1) is 11.8 Å². The molecule has 1 amide bonds. The van der Waals surface area contributed by atoms with Crippen molar-refractivity contribution in [1.82, 2.24) is 4.90 Å². The van der Waals surface area contributed by atoms with E-state index < -0.39 is 12.2 Å². The maximum atomic E-state index is 13.1. The number of amides is 1. The van der Waals surface area contributed by atoms with E-state index in [1.54, 1.807) is 24.3 Å². The number of hydrogen-bond acceptors (Lipinski definition) is 5. The topological polar surface area (TPSA) is 88.2 Å². The molecular formula is C20H17F2N3O3. The molecule has 1 heterocycles. The summed E-state index contributed by atoms with van der Waals surface area (Å²) in [6.45, 7) is -3.25. The number of nitrogens with zero attached hydrogens (tertiary/aromatic N) is 2. The van der Waals surface area contributed by atoms with Crippen molar-refractivity contribution < 1.29 is 23.4 Å². The zero-order valence-electron chi connectivity index (χ0n) is 14.9. The van der Waals surface area contributed by atoms with Gasteiger partial charge in [-0.3, -0.25) is 9.69 Å². The Morgan fingerprint density at radius 2 is 1.96 bits per heavy atom. The van der Waals surface area contributed by atoms with Crippen molar-refractivity contribution in [1.29, 1.82) is 0 Å². The number of halogens is 2. The van der Waals surface area contributed by atoms with E-state index in [0.717, 1.165) is 0 Å². The predicted molar refractivity (Wildman–Crippen MR) is 98.7 cm³/mol. The number of rotatable bonds is 4. The number of aliphatic imine (C=N–C) groups is 1. The summed E-state index contributed by atoms with van der Waals surface area (Å²) in [6, 6.07) is 12.5. The molecule has 2 aromatic rings. The molecule has 8 heteroatoms. The van der Waals surface area contributed by atoms with Crippen LogP contribution in [-0.2, 0) is 10.3 Å². The van der Waals surface area contributed by atoms with Crippen LogP contribution >= 0.6 is 0 Å². The minimum Gasteiger partial charge on any atom is -0.435 e. The van der Waals surface area contributed by atoms with E-state index >= 15 is 0 Å². The van der Waals surface area contributed by atoms with Crippen LogP contribution in [0.25, 0.3) is 0 Å². The Labute approximate surface area is 160 Å². The zero-order valence-corrected chi connectivity index (χ0v) is 14.9. The molecule has 1 aliphatic heterocycles. The van der Waals surface area contributed by atoms with Crippen LogP contribution in [0.4, 0.5) is 8.78 Å². The first kappa shape index (κ1) is 19.3. The lowest BCUT2D eigenvalue weighted by Gasteiger charge is -2.26. The highest BCUT2D eigenvalue weighted by molar-refractivity contribution is 6.08. The molecule has 0 radical (unpaired) electrons. The van der Waals surface area contributed by atoms with E-state index in [-0.39, 0.29) is 24.2 Å². The smallest absolute Gasteiger partial charge is 0.387 e. The number of ether oxygens (including phenoxy) is 1. The first-order chi connectivity index (χ1) is 13.4. The lowest BCUT2D eigenvalue weighted by atomic mass is 9.82. The van der Waals surface area contributed by atoms with Crippen molar-refractivity contribution >= 4 is 11.9 Å². The molecule has 1 unspecified atom stereocenters. The maximum absolute atomic E-state index is 13.1. The Hall–Kier alpha value is -3.44. The number of benzene rings is 2. The minimum absolute atomic E-state index is 0.0322. The van der Waals surface area contributed by atoms with Crippen LogP contribution < -0.4 is 10.5 Å². The summed E-state index contributed by atoms with van der Waals surface area (Å²) in [5.41, 5.74) is 5.97. The van der Waals surface area contributed by atoms with Crippen LogP contribution in [0.2, 0.25) is 0 Å². The van der Waals surface area contributed by atoms with E-state index in [2.05, 4.69) is 21.6 Å². The second kappa shape index (κ2) is 7.66. The molecule has 0 saturated carbocycles. The number of carbonyl (C=O) groups excluding carboxylic acids is 1. The lowest BCUT2D eigenvalue weighted by Crippen LogP contribution is -2.41. The molecule has 6 nitrogen and oxygen atoms in total. The molecule has 0 aromatic heterocycles. The average molecular weight is 385 g/mol. The monoisotopic (exact) mass is 385 g/mol. The lowest BCUT2D eigenvalue weighted by molar-refractivity contribution is -0.129. The van der Waals surface area contributed by atoms with Gasteiger partial charge in [-0.05, 0) is 35.4 Å². The molecule has 28 heavy (non-hydrogen) atoms. The average Bonchev–Trinajstić information content (AvgIpc) is 2.92. The van der Waals surface area contributed by atoms with E-state index in [1.807, 2.05) is 0 Å². The Kier molecular flexibility index (Phi) is 5.29. The number of carbonyl (C=O) groups is 1. The molecular weight excluding hydrogens is 368 g/mol. The molecule has 0 spiro atoms. The van der Waals surface area contributed by atoms with Gasteiger partial charge in [0.25, 0.3) is 5.91 Å². The van der Waals surface area contributed by atoms with Gasteiger partial charge in [0.05, 0.1) is 0 Å². The molecule has 144 valence electrons. The fraction of sp³-hybridized carbons (Fsp3) is 0.200. The largest absolute Gasteiger partial charge is 0.435 e. The number of hydrogen-bond donors (Lipinski definition) is 2. The molecule has 0 fully saturated rings. The molecule has 1 aliphatic rings. The van der Waals surface area contributed by atoms with E-state index in [0.29, 0.717) is 16.7 Å². The maximum Gasteiger partial charge on any atom is 0.387 e. The highest BCUT2D eigenvalue weighted by atomic mass is 19.3. The molecule has 1 atom stereocenters. The first-order valence-corrected chi connectivity index (χ1v) is 8.27. The molecule has 0 saturated heterocycles. The quantitative estimate of drug-likeness (QED) is 0.784. The summed E-state index contributed by atoms with van der Waals surface area (Å²) >= 11 is 0. The highest BCUT2D eigenvalue weighted by Crippen LogP contribution is 2.40. The second-order valence-corrected chi connectivity index (χ2v) is 5.99. The number of guanidine groups is 1. The van der Waals surface area contributed by atoms with Gasteiger partial charge in [-0.1, -0.05) is 36.1 Å². The number of nitrogens with two attached hydrogens (primary N) is 1. The fourth-order valence-corrected chi connectivity index (χ4v) is 3.03. The molecule has 3 rings (SSSR count). The number of likely N-dealkylation sites (N-methyl/N-ethyl adjacent to an activating group) is 1. The van der Waals surface area contributed by atoms with Gasteiger partial charge in [-0.2, -0.15) is 8.78 Å². The van der Waals surface area contributed by atoms with Crippen LogP contribution in [-0.4, -0.2) is 42.1 Å². The van der Waals surface area contributed by atoms with Gasteiger partial charge in [0.2, 0.25) is 0 Å². The summed E-state index contributed by atoms with van der Waals surface area (Å²) in [4.78, 5) is 18.8. The normalized spacial score (nSPS) is 18.7. The van der Waals surface area contributed by atoms with Crippen molar-refractivity contribution in [2.24, 2.45) is 10.7 Å². The fourth-order valence-electron chi connectivity index (χ4n) is 3.03. The van der Waals surface area contributed by atoms with Gasteiger partial charge < -0.3 is 15.6 Å². The van der Waals surface area contributed by atoms with E-state index in [1.165, 1.54) is 36.2 Å². The third-order valence-corrected chi connectivity index (χ3v) is 4.33. The van der Waals surface area contributed by atoms with Crippen molar-refractivity contribution in [2.75, 3.05) is 13.7 Å². The molecule has 2 aromatic carbocycles. The third kappa shape index (κ3) is 3.40. The zero-order chi connectivity index (χ0) is 20.3. The van der Waals surface area contributed by atoms with E-state index in [9.17, 15) is 13.6 Å². The number of aliphatic hydroxyl groups is 1. The number of aliphatic hydroxyl groups excluding tert-OH is 1. The SMILES string of the molecule is CN1C(=O)C(c2ccc(OC(F)F)cc2)(c2cccc(C#CCO)c2)N=C1N. The van der Waals surface area contributed by atoms with Gasteiger partial charge >= 0.3 is 6.61 Å². The van der Waals surface area contributed by atoms with Crippen LogP contribution in [0.1, 0.15) is 16.7 Å². The van der Waals surface area contributed by atoms with Crippen LogP contribution in [0.3, 0.4) is 0 Å². The highest BCUT2D eigenvalue weighted by Gasteiger charge is 2.49. The summed E-state index contributed by atoms with van der Waals surface area (Å²) in [7, 11) is 1.51. The Morgan fingerprint density at radius 3 is 2.54 bits per heavy atom. The predicted octanol–water partition coefficient (Wildman–Crippen LogP) is 1.66. The molecule has 0 bridgehead atoms. The van der Waals surface area contributed by atoms with Crippen LogP contribution in [0.15, 0.2) is 53.5 Å². The number of alkyl halides is 2. The van der Waals surface area contributed by atoms with Gasteiger partial charge in [0.15, 0.2) is 11.5 Å².